The molecule has 0 aliphatic heterocycles. The molecular formula is C21H21Cl3N2O2. The first-order valence-electron chi connectivity index (χ1n) is 8.58. The number of benzene rings is 2. The minimum atomic E-state index is -0.681. The highest BCUT2D eigenvalue weighted by atomic mass is 35.5. The van der Waals surface area contributed by atoms with Crippen molar-refractivity contribution in [2.45, 2.75) is 27.3 Å². The summed E-state index contributed by atoms with van der Waals surface area (Å²) in [5.41, 5.74) is 0.704. The van der Waals surface area contributed by atoms with Gasteiger partial charge in [0, 0.05) is 32.6 Å². The summed E-state index contributed by atoms with van der Waals surface area (Å²) in [5.74, 6) is -0.757. The number of halogens is 3. The van der Waals surface area contributed by atoms with E-state index in [1.807, 2.05) is 12.1 Å². The molecule has 148 valence electrons. The summed E-state index contributed by atoms with van der Waals surface area (Å²) in [6, 6.07) is 12.1. The third-order valence-electron chi connectivity index (χ3n) is 3.83. The molecule has 0 unspecified atom stereocenters. The molecule has 0 spiro atoms. The second kappa shape index (κ2) is 9.46. The van der Waals surface area contributed by atoms with E-state index in [4.69, 9.17) is 34.8 Å². The van der Waals surface area contributed by atoms with Crippen LogP contribution in [0, 0.1) is 5.41 Å². The Morgan fingerprint density at radius 1 is 0.964 bits per heavy atom. The van der Waals surface area contributed by atoms with Gasteiger partial charge in [-0.25, -0.2) is 0 Å². The number of carbonyl (C=O) groups is 2. The van der Waals surface area contributed by atoms with E-state index >= 15 is 0 Å². The molecule has 28 heavy (non-hydrogen) atoms. The zero-order valence-corrected chi connectivity index (χ0v) is 18.0. The Morgan fingerprint density at radius 3 is 2.07 bits per heavy atom. The van der Waals surface area contributed by atoms with Crippen LogP contribution in [-0.4, -0.2) is 11.8 Å². The van der Waals surface area contributed by atoms with E-state index in [1.54, 1.807) is 51.1 Å². The summed E-state index contributed by atoms with van der Waals surface area (Å²) in [7, 11) is 0. The molecule has 0 aromatic heterocycles. The molecule has 7 heteroatoms. The van der Waals surface area contributed by atoms with E-state index in [9.17, 15) is 9.59 Å². The molecule has 0 bridgehead atoms. The number of hydrogen-bond acceptors (Lipinski definition) is 2. The Kier molecular flexibility index (Phi) is 7.53. The molecule has 0 aliphatic carbocycles. The van der Waals surface area contributed by atoms with Gasteiger partial charge < -0.3 is 10.6 Å². The number of rotatable bonds is 5. The van der Waals surface area contributed by atoms with E-state index in [-0.39, 0.29) is 18.1 Å². The van der Waals surface area contributed by atoms with E-state index < -0.39 is 11.3 Å². The standard InChI is InChI=1S/C21H21Cl3N2O2/c1-21(2,3)20(28)26-18(11-15-16(23)5-4-6-17(15)24)19(27)25-12-13-7-9-14(22)10-8-13/h4-11H,12H2,1-3H3,(H,25,27)(H,26,28)/b18-11-. The Hall–Kier alpha value is -2.01. The van der Waals surface area contributed by atoms with Gasteiger partial charge in [-0.05, 0) is 35.9 Å². The molecule has 4 nitrogen and oxygen atoms in total. The molecule has 2 amide bonds. The zero-order valence-electron chi connectivity index (χ0n) is 15.8. The summed E-state index contributed by atoms with van der Waals surface area (Å²) in [6.07, 6.45) is 1.48. The first-order chi connectivity index (χ1) is 13.1. The third kappa shape index (κ3) is 6.26. The second-order valence-corrected chi connectivity index (χ2v) is 8.46. The van der Waals surface area contributed by atoms with E-state index in [1.165, 1.54) is 6.08 Å². The van der Waals surface area contributed by atoms with Crippen molar-refractivity contribution in [1.29, 1.82) is 0 Å². The topological polar surface area (TPSA) is 58.2 Å². The Morgan fingerprint density at radius 2 is 1.54 bits per heavy atom. The van der Waals surface area contributed by atoms with Crippen molar-refractivity contribution < 1.29 is 9.59 Å². The molecule has 2 N–H and O–H groups in total. The molecule has 0 atom stereocenters. The molecule has 0 fully saturated rings. The quantitative estimate of drug-likeness (QED) is 0.607. The predicted octanol–water partition coefficient (Wildman–Crippen LogP) is 5.47. The van der Waals surface area contributed by atoms with Crippen LogP contribution in [0.15, 0.2) is 48.2 Å². The van der Waals surface area contributed by atoms with Crippen LogP contribution in [-0.2, 0) is 16.1 Å². The average Bonchev–Trinajstić information content (AvgIpc) is 2.62. The first-order valence-corrected chi connectivity index (χ1v) is 9.71. The van der Waals surface area contributed by atoms with Gasteiger partial charge in [-0.15, -0.1) is 0 Å². The monoisotopic (exact) mass is 438 g/mol. The van der Waals surface area contributed by atoms with Gasteiger partial charge in [0.15, 0.2) is 0 Å². The second-order valence-electron chi connectivity index (χ2n) is 7.21. The van der Waals surface area contributed by atoms with Crippen molar-refractivity contribution in [2.75, 3.05) is 0 Å². The highest BCUT2D eigenvalue weighted by molar-refractivity contribution is 6.37. The molecule has 2 aromatic carbocycles. The van der Waals surface area contributed by atoms with Crippen LogP contribution in [0.3, 0.4) is 0 Å². The fourth-order valence-corrected chi connectivity index (χ4v) is 2.77. The summed E-state index contributed by atoms with van der Waals surface area (Å²) < 4.78 is 0. The Balaban J connectivity index is 2.29. The normalized spacial score (nSPS) is 11.9. The highest BCUT2D eigenvalue weighted by Gasteiger charge is 2.24. The van der Waals surface area contributed by atoms with Crippen LogP contribution < -0.4 is 10.6 Å². The summed E-state index contributed by atoms with van der Waals surface area (Å²) >= 11 is 18.3. The van der Waals surface area contributed by atoms with Crippen molar-refractivity contribution in [2.24, 2.45) is 5.41 Å². The Bertz CT molecular complexity index is 881. The van der Waals surface area contributed by atoms with Crippen LogP contribution in [0.2, 0.25) is 15.1 Å². The van der Waals surface area contributed by atoms with Gasteiger partial charge in [0.05, 0.1) is 0 Å². The summed E-state index contributed by atoms with van der Waals surface area (Å²) in [4.78, 5) is 25.2. The molecule has 2 aromatic rings. The lowest BCUT2D eigenvalue weighted by molar-refractivity contribution is -0.129. The smallest absolute Gasteiger partial charge is 0.268 e. The lowest BCUT2D eigenvalue weighted by Crippen LogP contribution is -2.39. The maximum Gasteiger partial charge on any atom is 0.268 e. The lowest BCUT2D eigenvalue weighted by Gasteiger charge is -2.19. The highest BCUT2D eigenvalue weighted by Crippen LogP contribution is 2.26. The van der Waals surface area contributed by atoms with E-state index in [2.05, 4.69) is 10.6 Å². The lowest BCUT2D eigenvalue weighted by atomic mass is 9.95. The fraction of sp³-hybridized carbons (Fsp3) is 0.238. The first kappa shape index (κ1) is 22.3. The molecule has 2 rings (SSSR count). The molecule has 0 aliphatic rings. The van der Waals surface area contributed by atoms with Gasteiger partial charge in [-0.2, -0.15) is 0 Å². The molecule has 0 heterocycles. The van der Waals surface area contributed by atoms with Gasteiger partial charge in [-0.3, -0.25) is 9.59 Å². The van der Waals surface area contributed by atoms with Crippen LogP contribution >= 0.6 is 34.8 Å². The van der Waals surface area contributed by atoms with E-state index in [0.717, 1.165) is 5.56 Å². The van der Waals surface area contributed by atoms with Gasteiger partial charge in [0.1, 0.15) is 5.70 Å². The largest absolute Gasteiger partial charge is 0.347 e. The molecular weight excluding hydrogens is 419 g/mol. The zero-order chi connectivity index (χ0) is 20.9. The third-order valence-corrected chi connectivity index (χ3v) is 4.74. The van der Waals surface area contributed by atoms with Crippen molar-refractivity contribution in [3.8, 4) is 0 Å². The van der Waals surface area contributed by atoms with Crippen molar-refractivity contribution in [3.63, 3.8) is 0 Å². The number of hydrogen-bond donors (Lipinski definition) is 2. The minimum Gasteiger partial charge on any atom is -0.347 e. The van der Waals surface area contributed by atoms with Crippen LogP contribution in [0.4, 0.5) is 0 Å². The van der Waals surface area contributed by atoms with E-state index in [0.29, 0.717) is 20.6 Å². The molecule has 0 radical (unpaired) electrons. The number of nitrogens with one attached hydrogen (secondary N) is 2. The fourth-order valence-electron chi connectivity index (χ4n) is 2.14. The van der Waals surface area contributed by atoms with Crippen LogP contribution in [0.1, 0.15) is 31.9 Å². The summed E-state index contributed by atoms with van der Waals surface area (Å²) in [6.45, 7) is 5.55. The van der Waals surface area contributed by atoms with Crippen molar-refractivity contribution in [1.82, 2.24) is 10.6 Å². The number of carbonyl (C=O) groups excluding carboxylic acids is 2. The maximum absolute atomic E-state index is 12.8. The Labute approximate surface area is 179 Å². The maximum atomic E-state index is 12.8. The van der Waals surface area contributed by atoms with Gasteiger partial charge >= 0.3 is 0 Å². The molecule has 0 saturated heterocycles. The predicted molar refractivity (Wildman–Crippen MR) is 115 cm³/mol. The van der Waals surface area contributed by atoms with Crippen LogP contribution in [0.5, 0.6) is 0 Å². The van der Waals surface area contributed by atoms with Crippen molar-refractivity contribution >= 4 is 52.7 Å². The SMILES string of the molecule is CC(C)(C)C(=O)N/C(=C\c1c(Cl)cccc1Cl)C(=O)NCc1ccc(Cl)cc1. The summed E-state index contributed by atoms with van der Waals surface area (Å²) in [5, 5.41) is 6.82. The average molecular weight is 440 g/mol. The minimum absolute atomic E-state index is 0.0592. The van der Waals surface area contributed by atoms with Crippen molar-refractivity contribution in [3.05, 3.63) is 74.4 Å². The van der Waals surface area contributed by atoms with Gasteiger partial charge in [0.2, 0.25) is 5.91 Å². The van der Waals surface area contributed by atoms with Gasteiger partial charge in [0.25, 0.3) is 5.91 Å². The number of amides is 2. The molecule has 0 saturated carbocycles. The van der Waals surface area contributed by atoms with Gasteiger partial charge in [-0.1, -0.05) is 73.8 Å². The van der Waals surface area contributed by atoms with Crippen LogP contribution in [0.25, 0.3) is 6.08 Å².